The lowest BCUT2D eigenvalue weighted by molar-refractivity contribution is -0.122. The zero-order chi connectivity index (χ0) is 16.9. The van der Waals surface area contributed by atoms with E-state index in [9.17, 15) is 9.59 Å². The summed E-state index contributed by atoms with van der Waals surface area (Å²) in [5.74, 6) is -0.235. The number of primary amides is 1. The van der Waals surface area contributed by atoms with Gasteiger partial charge in [-0.05, 0) is 18.4 Å². The number of rotatable bonds is 11. The molecule has 1 atom stereocenters. The highest BCUT2D eigenvalue weighted by Crippen LogP contribution is 2.03. The molecular formula is C17H27N3O3. The van der Waals surface area contributed by atoms with Gasteiger partial charge in [0.15, 0.2) is 0 Å². The zero-order valence-corrected chi connectivity index (χ0v) is 13.7. The summed E-state index contributed by atoms with van der Waals surface area (Å²) >= 11 is 0. The van der Waals surface area contributed by atoms with Crippen LogP contribution in [0.15, 0.2) is 30.3 Å². The number of carbonyl (C=O) groups is 2. The fraction of sp³-hybridized carbons (Fsp3) is 0.529. The van der Waals surface area contributed by atoms with Crippen LogP contribution in [0.4, 0.5) is 4.79 Å². The molecule has 1 aromatic carbocycles. The molecule has 0 aliphatic rings. The Balaban J connectivity index is 2.36. The van der Waals surface area contributed by atoms with Crippen LogP contribution in [0.5, 0.6) is 0 Å². The van der Waals surface area contributed by atoms with Crippen molar-refractivity contribution in [1.82, 2.24) is 10.6 Å². The number of nitrogens with one attached hydrogen (secondary N) is 2. The molecule has 0 fully saturated rings. The monoisotopic (exact) mass is 321 g/mol. The Hall–Kier alpha value is -2.08. The maximum Gasteiger partial charge on any atom is 0.312 e. The maximum absolute atomic E-state index is 12.2. The lowest BCUT2D eigenvalue weighted by Gasteiger charge is -2.17. The molecule has 0 radical (unpaired) electrons. The molecule has 6 heteroatoms. The van der Waals surface area contributed by atoms with E-state index in [-0.39, 0.29) is 5.91 Å². The molecule has 4 N–H and O–H groups in total. The first kappa shape index (κ1) is 19.0. The summed E-state index contributed by atoms with van der Waals surface area (Å²) in [5.41, 5.74) is 6.12. The van der Waals surface area contributed by atoms with Crippen LogP contribution in [-0.2, 0) is 16.0 Å². The van der Waals surface area contributed by atoms with Crippen LogP contribution >= 0.6 is 0 Å². The van der Waals surface area contributed by atoms with E-state index >= 15 is 0 Å². The van der Waals surface area contributed by atoms with Crippen molar-refractivity contribution >= 4 is 11.9 Å². The van der Waals surface area contributed by atoms with Crippen molar-refractivity contribution in [3.05, 3.63) is 35.9 Å². The highest BCUT2D eigenvalue weighted by molar-refractivity contribution is 5.86. The van der Waals surface area contributed by atoms with Crippen LogP contribution in [-0.4, -0.2) is 37.7 Å². The van der Waals surface area contributed by atoms with E-state index in [4.69, 9.17) is 10.5 Å². The highest BCUT2D eigenvalue weighted by Gasteiger charge is 2.19. The molecule has 0 heterocycles. The van der Waals surface area contributed by atoms with Gasteiger partial charge in [-0.1, -0.05) is 43.7 Å². The molecule has 0 bridgehead atoms. The van der Waals surface area contributed by atoms with Crippen LogP contribution in [0.3, 0.4) is 0 Å². The molecule has 3 amide bonds. The predicted molar refractivity (Wildman–Crippen MR) is 90.0 cm³/mol. The average molecular weight is 321 g/mol. The second-order valence-corrected chi connectivity index (χ2v) is 5.36. The lowest BCUT2D eigenvalue weighted by Crippen LogP contribution is -2.50. The molecule has 23 heavy (non-hydrogen) atoms. The summed E-state index contributed by atoms with van der Waals surface area (Å²) in [5, 5.41) is 5.30. The minimum atomic E-state index is -0.705. The van der Waals surface area contributed by atoms with Crippen LogP contribution in [0.2, 0.25) is 0 Å². The fourth-order valence-corrected chi connectivity index (χ4v) is 2.09. The van der Waals surface area contributed by atoms with E-state index in [1.165, 1.54) is 0 Å². The summed E-state index contributed by atoms with van der Waals surface area (Å²) in [4.78, 5) is 23.3. The smallest absolute Gasteiger partial charge is 0.312 e. The van der Waals surface area contributed by atoms with Gasteiger partial charge in [0.05, 0.1) is 0 Å². The van der Waals surface area contributed by atoms with Crippen molar-refractivity contribution in [2.24, 2.45) is 5.73 Å². The number of carbonyl (C=O) groups excluding carboxylic acids is 2. The largest absolute Gasteiger partial charge is 0.381 e. The van der Waals surface area contributed by atoms with Gasteiger partial charge in [-0.25, -0.2) is 4.79 Å². The van der Waals surface area contributed by atoms with Crippen LogP contribution in [0, 0.1) is 0 Å². The number of ether oxygens (including phenoxy) is 1. The first-order valence-electron chi connectivity index (χ1n) is 8.08. The van der Waals surface area contributed by atoms with Gasteiger partial charge in [0.1, 0.15) is 6.04 Å². The number of amides is 3. The van der Waals surface area contributed by atoms with E-state index < -0.39 is 12.1 Å². The van der Waals surface area contributed by atoms with Gasteiger partial charge in [0, 0.05) is 26.2 Å². The third kappa shape index (κ3) is 8.83. The minimum Gasteiger partial charge on any atom is -0.381 e. The van der Waals surface area contributed by atoms with Gasteiger partial charge in [-0.3, -0.25) is 4.79 Å². The Morgan fingerprint density at radius 2 is 1.87 bits per heavy atom. The summed E-state index contributed by atoms with van der Waals surface area (Å²) in [7, 11) is 0. The Morgan fingerprint density at radius 3 is 2.52 bits per heavy atom. The number of nitrogens with two attached hydrogens (primary N) is 1. The van der Waals surface area contributed by atoms with Gasteiger partial charge < -0.3 is 21.1 Å². The molecule has 0 aliphatic heterocycles. The minimum absolute atomic E-state index is 0.235. The van der Waals surface area contributed by atoms with E-state index in [0.29, 0.717) is 19.6 Å². The molecule has 0 aliphatic carbocycles. The van der Waals surface area contributed by atoms with Gasteiger partial charge in [0.2, 0.25) is 5.91 Å². The molecule has 128 valence electrons. The number of hydrogen-bond acceptors (Lipinski definition) is 3. The van der Waals surface area contributed by atoms with Gasteiger partial charge >= 0.3 is 6.03 Å². The summed E-state index contributed by atoms with van der Waals surface area (Å²) in [6.07, 6.45) is 3.30. The van der Waals surface area contributed by atoms with E-state index in [1.807, 2.05) is 30.3 Å². The molecule has 0 saturated heterocycles. The quantitative estimate of drug-likeness (QED) is 0.540. The second-order valence-electron chi connectivity index (χ2n) is 5.36. The van der Waals surface area contributed by atoms with Gasteiger partial charge in [0.25, 0.3) is 0 Å². The maximum atomic E-state index is 12.2. The highest BCUT2D eigenvalue weighted by atomic mass is 16.5. The van der Waals surface area contributed by atoms with Crippen molar-refractivity contribution in [2.75, 3.05) is 19.8 Å². The van der Waals surface area contributed by atoms with E-state index in [2.05, 4.69) is 17.6 Å². The molecule has 6 nitrogen and oxygen atoms in total. The molecular weight excluding hydrogens is 294 g/mol. The average Bonchev–Trinajstić information content (AvgIpc) is 2.54. The molecule has 0 spiro atoms. The zero-order valence-electron chi connectivity index (χ0n) is 13.7. The molecule has 0 saturated carbocycles. The van der Waals surface area contributed by atoms with Gasteiger partial charge in [-0.15, -0.1) is 0 Å². The standard InChI is InChI=1S/C17H27N3O3/c1-2-3-11-23-12-7-10-19-16(21)15(20-17(18)22)13-14-8-5-4-6-9-14/h4-6,8-9,15H,2-3,7,10-13H2,1H3,(H,19,21)(H3,18,20,22). The van der Waals surface area contributed by atoms with Gasteiger partial charge in [-0.2, -0.15) is 0 Å². The number of hydrogen-bond donors (Lipinski definition) is 3. The normalized spacial score (nSPS) is 11.7. The molecule has 1 aromatic rings. The van der Waals surface area contributed by atoms with Crippen molar-refractivity contribution in [3.63, 3.8) is 0 Å². The molecule has 0 aromatic heterocycles. The summed E-state index contributed by atoms with van der Waals surface area (Å²) in [6, 6.07) is 8.12. The van der Waals surface area contributed by atoms with E-state index in [0.717, 1.165) is 31.4 Å². The van der Waals surface area contributed by atoms with Crippen molar-refractivity contribution in [1.29, 1.82) is 0 Å². The first-order valence-corrected chi connectivity index (χ1v) is 8.08. The fourth-order valence-electron chi connectivity index (χ4n) is 2.09. The van der Waals surface area contributed by atoms with E-state index in [1.54, 1.807) is 0 Å². The number of unbranched alkanes of at least 4 members (excludes halogenated alkanes) is 1. The topological polar surface area (TPSA) is 93.4 Å². The summed E-state index contributed by atoms with van der Waals surface area (Å²) < 4.78 is 5.44. The SMILES string of the molecule is CCCCOCCCNC(=O)C(Cc1ccccc1)NC(N)=O. The molecule has 1 rings (SSSR count). The third-order valence-electron chi connectivity index (χ3n) is 3.32. The lowest BCUT2D eigenvalue weighted by atomic mass is 10.1. The van der Waals surface area contributed by atoms with Crippen LogP contribution in [0.25, 0.3) is 0 Å². The predicted octanol–water partition coefficient (Wildman–Crippen LogP) is 1.59. The Bertz CT molecular complexity index is 465. The van der Waals surface area contributed by atoms with Crippen LogP contribution < -0.4 is 16.4 Å². The van der Waals surface area contributed by atoms with Crippen LogP contribution in [0.1, 0.15) is 31.7 Å². The van der Waals surface area contributed by atoms with Crippen molar-refractivity contribution < 1.29 is 14.3 Å². The molecule has 1 unspecified atom stereocenters. The van der Waals surface area contributed by atoms with Crippen molar-refractivity contribution in [2.45, 2.75) is 38.6 Å². The Morgan fingerprint density at radius 1 is 1.17 bits per heavy atom. The summed E-state index contributed by atoms with van der Waals surface area (Å²) in [6.45, 7) is 4.00. The Kier molecular flexibility index (Phi) is 9.47. The Labute approximate surface area is 137 Å². The second kappa shape index (κ2) is 11.5. The number of urea groups is 1. The third-order valence-corrected chi connectivity index (χ3v) is 3.32. The first-order chi connectivity index (χ1) is 11.1. The van der Waals surface area contributed by atoms with Crippen molar-refractivity contribution in [3.8, 4) is 0 Å². The number of benzene rings is 1.